The third-order valence-electron chi connectivity index (χ3n) is 6.07. The molecule has 5 rings (SSSR count). The molecule has 1 aromatic heterocycles. The summed E-state index contributed by atoms with van der Waals surface area (Å²) in [7, 11) is 0. The fourth-order valence-electron chi connectivity index (χ4n) is 4.34. The Morgan fingerprint density at radius 3 is 2.47 bits per heavy atom. The van der Waals surface area contributed by atoms with Gasteiger partial charge >= 0.3 is 12.2 Å². The normalized spacial score (nSPS) is 15.9. The second-order valence-electron chi connectivity index (χ2n) is 8.58. The maximum Gasteiger partial charge on any atom is 0.417 e. The zero-order chi connectivity index (χ0) is 25.3. The summed E-state index contributed by atoms with van der Waals surface area (Å²) in [6.45, 7) is 1.11. The SMILES string of the molecule is O=C1NC(COCc2ccccc2)CN1c1ccc2cc(-c3ccccc3C(F)(F)F)[nH]c(=O)c2c1. The minimum absolute atomic E-state index is 0.0720. The van der Waals surface area contributed by atoms with Crippen LogP contribution in [-0.2, 0) is 17.5 Å². The van der Waals surface area contributed by atoms with Gasteiger partial charge in [0.05, 0.1) is 31.4 Å². The monoisotopic (exact) mass is 493 g/mol. The third-order valence-corrected chi connectivity index (χ3v) is 6.07. The molecule has 2 N–H and O–H groups in total. The minimum Gasteiger partial charge on any atom is -0.375 e. The van der Waals surface area contributed by atoms with Gasteiger partial charge in [0, 0.05) is 22.3 Å². The molecule has 1 fully saturated rings. The number of nitrogens with one attached hydrogen (secondary N) is 2. The molecule has 1 atom stereocenters. The Balaban J connectivity index is 1.35. The predicted molar refractivity (Wildman–Crippen MR) is 131 cm³/mol. The van der Waals surface area contributed by atoms with E-state index in [0.717, 1.165) is 11.6 Å². The topological polar surface area (TPSA) is 74.4 Å². The first-order valence-corrected chi connectivity index (χ1v) is 11.3. The summed E-state index contributed by atoms with van der Waals surface area (Å²) in [6, 6.07) is 20.6. The van der Waals surface area contributed by atoms with Crippen molar-refractivity contribution in [1.82, 2.24) is 10.3 Å². The van der Waals surface area contributed by atoms with Crippen molar-refractivity contribution in [1.29, 1.82) is 0 Å². The number of urea groups is 1. The number of aromatic nitrogens is 1. The van der Waals surface area contributed by atoms with Crippen molar-refractivity contribution in [2.24, 2.45) is 0 Å². The second kappa shape index (κ2) is 9.50. The van der Waals surface area contributed by atoms with Gasteiger partial charge in [0.15, 0.2) is 0 Å². The molecule has 3 aromatic carbocycles. The third kappa shape index (κ3) is 4.83. The van der Waals surface area contributed by atoms with Crippen LogP contribution in [0.25, 0.3) is 22.0 Å². The molecular formula is C27H22F3N3O3. The number of fused-ring (bicyclic) bond motifs is 1. The number of halogens is 3. The van der Waals surface area contributed by atoms with Crippen LogP contribution in [-0.4, -0.2) is 30.2 Å². The van der Waals surface area contributed by atoms with Gasteiger partial charge in [-0.25, -0.2) is 4.79 Å². The summed E-state index contributed by atoms with van der Waals surface area (Å²) in [5, 5.41) is 3.62. The summed E-state index contributed by atoms with van der Waals surface area (Å²) in [6.07, 6.45) is -4.56. The first kappa shape index (κ1) is 23.6. The smallest absolute Gasteiger partial charge is 0.375 e. The molecule has 0 bridgehead atoms. The minimum atomic E-state index is -4.56. The van der Waals surface area contributed by atoms with Gasteiger partial charge in [-0.05, 0) is 35.2 Å². The van der Waals surface area contributed by atoms with E-state index < -0.39 is 17.3 Å². The van der Waals surface area contributed by atoms with E-state index in [-0.39, 0.29) is 28.7 Å². The van der Waals surface area contributed by atoms with Crippen LogP contribution >= 0.6 is 0 Å². The molecule has 2 amide bonds. The number of alkyl halides is 3. The first-order valence-electron chi connectivity index (χ1n) is 11.3. The van der Waals surface area contributed by atoms with Gasteiger partial charge in [0.2, 0.25) is 0 Å². The van der Waals surface area contributed by atoms with Crippen LogP contribution in [0.1, 0.15) is 11.1 Å². The van der Waals surface area contributed by atoms with Crippen LogP contribution in [0.2, 0.25) is 0 Å². The number of nitrogens with zero attached hydrogens (tertiary/aromatic N) is 1. The van der Waals surface area contributed by atoms with E-state index in [4.69, 9.17) is 4.74 Å². The molecule has 0 radical (unpaired) electrons. The molecule has 1 aliphatic rings. The number of pyridine rings is 1. The molecule has 6 nitrogen and oxygen atoms in total. The number of amides is 2. The van der Waals surface area contributed by atoms with E-state index in [1.54, 1.807) is 18.2 Å². The highest BCUT2D eigenvalue weighted by Crippen LogP contribution is 2.36. The molecule has 1 saturated heterocycles. The highest BCUT2D eigenvalue weighted by Gasteiger charge is 2.34. The lowest BCUT2D eigenvalue weighted by atomic mass is 10.0. The molecule has 184 valence electrons. The number of rotatable bonds is 6. The van der Waals surface area contributed by atoms with E-state index in [1.165, 1.54) is 29.2 Å². The number of hydrogen-bond acceptors (Lipinski definition) is 3. The fourth-order valence-corrected chi connectivity index (χ4v) is 4.34. The van der Waals surface area contributed by atoms with Crippen molar-refractivity contribution in [3.63, 3.8) is 0 Å². The van der Waals surface area contributed by atoms with Crippen molar-refractivity contribution < 1.29 is 22.7 Å². The van der Waals surface area contributed by atoms with Crippen LogP contribution < -0.4 is 15.8 Å². The Kier molecular flexibility index (Phi) is 6.24. The average molecular weight is 493 g/mol. The van der Waals surface area contributed by atoms with Crippen molar-refractivity contribution in [3.05, 3.63) is 100 Å². The van der Waals surface area contributed by atoms with E-state index >= 15 is 0 Å². The highest BCUT2D eigenvalue weighted by atomic mass is 19.4. The van der Waals surface area contributed by atoms with Gasteiger partial charge in [-0.3, -0.25) is 9.69 Å². The summed E-state index contributed by atoms with van der Waals surface area (Å²) in [5.74, 6) is 0. The lowest BCUT2D eigenvalue weighted by Crippen LogP contribution is -2.31. The maximum absolute atomic E-state index is 13.5. The van der Waals surface area contributed by atoms with Gasteiger partial charge in [-0.15, -0.1) is 0 Å². The number of benzene rings is 3. The fraction of sp³-hybridized carbons (Fsp3) is 0.185. The lowest BCUT2D eigenvalue weighted by Gasteiger charge is -2.16. The molecular weight excluding hydrogens is 471 g/mol. The van der Waals surface area contributed by atoms with Gasteiger partial charge in [0.25, 0.3) is 5.56 Å². The predicted octanol–water partition coefficient (Wildman–Crippen LogP) is 5.33. The standard InChI is InChI=1S/C27H22F3N3O3/c28-27(29,30)23-9-5-4-8-21(23)24-12-18-10-11-20(13-22(18)25(34)32-24)33-14-19(31-26(33)35)16-36-15-17-6-2-1-3-7-17/h1-13,19H,14-16H2,(H,31,35)(H,32,34). The summed E-state index contributed by atoms with van der Waals surface area (Å²) in [5.41, 5.74) is 0.145. The number of aromatic amines is 1. The molecule has 1 aliphatic heterocycles. The van der Waals surface area contributed by atoms with Gasteiger partial charge in [-0.2, -0.15) is 13.2 Å². The highest BCUT2D eigenvalue weighted by molar-refractivity contribution is 5.97. The lowest BCUT2D eigenvalue weighted by molar-refractivity contribution is -0.137. The molecule has 0 saturated carbocycles. The Bertz CT molecular complexity index is 1470. The number of hydrogen-bond donors (Lipinski definition) is 2. The number of anilines is 1. The molecule has 9 heteroatoms. The van der Waals surface area contributed by atoms with Crippen molar-refractivity contribution in [3.8, 4) is 11.3 Å². The molecule has 2 heterocycles. The maximum atomic E-state index is 13.5. The van der Waals surface area contributed by atoms with Gasteiger partial charge < -0.3 is 15.0 Å². The van der Waals surface area contributed by atoms with Crippen LogP contribution in [0, 0.1) is 0 Å². The van der Waals surface area contributed by atoms with Crippen LogP contribution in [0.5, 0.6) is 0 Å². The number of H-pyrrole nitrogens is 1. The van der Waals surface area contributed by atoms with Gasteiger partial charge in [-0.1, -0.05) is 54.6 Å². The number of ether oxygens (including phenoxy) is 1. The summed E-state index contributed by atoms with van der Waals surface area (Å²) in [4.78, 5) is 29.5. The Hall–Kier alpha value is -4.11. The number of carbonyl (C=O) groups is 1. The van der Waals surface area contributed by atoms with E-state index in [2.05, 4.69) is 10.3 Å². The summed E-state index contributed by atoms with van der Waals surface area (Å²) < 4.78 is 46.1. The molecule has 4 aromatic rings. The van der Waals surface area contributed by atoms with Gasteiger partial charge in [0.1, 0.15) is 0 Å². The number of carbonyl (C=O) groups excluding carboxylic acids is 1. The Morgan fingerprint density at radius 1 is 0.944 bits per heavy atom. The van der Waals surface area contributed by atoms with Crippen molar-refractivity contribution >= 4 is 22.5 Å². The zero-order valence-electron chi connectivity index (χ0n) is 19.0. The van der Waals surface area contributed by atoms with Crippen molar-refractivity contribution in [2.75, 3.05) is 18.1 Å². The largest absolute Gasteiger partial charge is 0.417 e. The van der Waals surface area contributed by atoms with E-state index in [9.17, 15) is 22.8 Å². The molecule has 0 aliphatic carbocycles. The molecule has 1 unspecified atom stereocenters. The zero-order valence-corrected chi connectivity index (χ0v) is 19.0. The molecule has 36 heavy (non-hydrogen) atoms. The van der Waals surface area contributed by atoms with Crippen LogP contribution in [0.15, 0.2) is 83.7 Å². The van der Waals surface area contributed by atoms with Crippen molar-refractivity contribution in [2.45, 2.75) is 18.8 Å². The van der Waals surface area contributed by atoms with Crippen LogP contribution in [0.4, 0.5) is 23.7 Å². The van der Waals surface area contributed by atoms with E-state index in [1.807, 2.05) is 30.3 Å². The second-order valence-corrected chi connectivity index (χ2v) is 8.58. The molecule has 0 spiro atoms. The van der Waals surface area contributed by atoms with E-state index in [0.29, 0.717) is 30.8 Å². The quantitative estimate of drug-likeness (QED) is 0.381. The summed E-state index contributed by atoms with van der Waals surface area (Å²) >= 11 is 0. The Morgan fingerprint density at radius 2 is 1.69 bits per heavy atom. The first-order chi connectivity index (χ1) is 17.3. The van der Waals surface area contributed by atoms with Crippen LogP contribution in [0.3, 0.4) is 0 Å². The Labute approximate surface area is 204 Å². The average Bonchev–Trinajstić information content (AvgIpc) is 3.24.